The molecule has 2 heterocycles. The van der Waals surface area contributed by atoms with E-state index in [1.807, 2.05) is 6.92 Å². The molecule has 0 bridgehead atoms. The van der Waals surface area contributed by atoms with E-state index in [0.717, 1.165) is 5.39 Å². The van der Waals surface area contributed by atoms with Crippen molar-refractivity contribution >= 4 is 27.4 Å². The Morgan fingerprint density at radius 2 is 2.12 bits per heavy atom. The van der Waals surface area contributed by atoms with E-state index in [1.54, 1.807) is 11.4 Å². The quantitative estimate of drug-likeness (QED) is 0.921. The second kappa shape index (κ2) is 4.48. The van der Waals surface area contributed by atoms with Gasteiger partial charge in [-0.25, -0.2) is 9.97 Å². The van der Waals surface area contributed by atoms with Crippen LogP contribution in [0.5, 0.6) is 0 Å². The lowest BCUT2D eigenvalue weighted by Gasteiger charge is -2.08. The average molecular weight is 261 g/mol. The van der Waals surface area contributed by atoms with Crippen molar-refractivity contribution in [1.82, 2.24) is 9.97 Å². The summed E-state index contributed by atoms with van der Waals surface area (Å²) in [6.07, 6.45) is -5.38. The standard InChI is InChI=1S/C10H10F3N3S/c1-2-14-8-6-3-4-17-9(6)16-7(15-8)5-10(11,12)13/h3-4H,2,5H2,1H3,(H,14,15,16). The second-order valence-electron chi connectivity index (χ2n) is 3.45. The van der Waals surface area contributed by atoms with E-state index in [-0.39, 0.29) is 5.82 Å². The Balaban J connectivity index is 2.44. The fourth-order valence-electron chi connectivity index (χ4n) is 1.46. The summed E-state index contributed by atoms with van der Waals surface area (Å²) in [6, 6.07) is 1.80. The number of anilines is 1. The number of halogens is 3. The molecule has 1 N–H and O–H groups in total. The molecule has 0 saturated carbocycles. The maximum absolute atomic E-state index is 12.3. The van der Waals surface area contributed by atoms with Crippen LogP contribution in [-0.2, 0) is 6.42 Å². The normalized spacial score (nSPS) is 12.0. The number of hydrogen-bond donors (Lipinski definition) is 1. The van der Waals surface area contributed by atoms with Crippen LogP contribution in [0.15, 0.2) is 11.4 Å². The number of thiophene rings is 1. The summed E-state index contributed by atoms with van der Waals surface area (Å²) in [6.45, 7) is 2.47. The van der Waals surface area contributed by atoms with Gasteiger partial charge in [-0.3, -0.25) is 0 Å². The number of nitrogens with one attached hydrogen (secondary N) is 1. The van der Waals surface area contributed by atoms with E-state index in [9.17, 15) is 13.2 Å². The molecule has 0 fully saturated rings. The molecule has 92 valence electrons. The van der Waals surface area contributed by atoms with Crippen LogP contribution in [0, 0.1) is 0 Å². The first kappa shape index (κ1) is 12.1. The van der Waals surface area contributed by atoms with Crippen molar-refractivity contribution < 1.29 is 13.2 Å². The Kier molecular flexibility index (Phi) is 3.19. The topological polar surface area (TPSA) is 37.8 Å². The van der Waals surface area contributed by atoms with Gasteiger partial charge in [-0.2, -0.15) is 13.2 Å². The first-order valence-corrected chi connectivity index (χ1v) is 5.92. The number of alkyl halides is 3. The van der Waals surface area contributed by atoms with Crippen molar-refractivity contribution in [3.8, 4) is 0 Å². The van der Waals surface area contributed by atoms with Crippen molar-refractivity contribution in [2.45, 2.75) is 19.5 Å². The molecule has 2 rings (SSSR count). The maximum atomic E-state index is 12.3. The van der Waals surface area contributed by atoms with Crippen molar-refractivity contribution in [2.24, 2.45) is 0 Å². The third-order valence-electron chi connectivity index (χ3n) is 2.07. The number of hydrogen-bond acceptors (Lipinski definition) is 4. The minimum atomic E-state index is -4.28. The summed E-state index contributed by atoms with van der Waals surface area (Å²) >= 11 is 1.31. The molecule has 0 radical (unpaired) electrons. The first-order chi connectivity index (χ1) is 7.99. The zero-order valence-corrected chi connectivity index (χ0v) is 9.82. The van der Waals surface area contributed by atoms with Gasteiger partial charge in [-0.1, -0.05) is 0 Å². The van der Waals surface area contributed by atoms with Crippen LogP contribution >= 0.6 is 11.3 Å². The van der Waals surface area contributed by atoms with Gasteiger partial charge in [0, 0.05) is 6.54 Å². The summed E-state index contributed by atoms with van der Waals surface area (Å²) in [4.78, 5) is 8.40. The smallest absolute Gasteiger partial charge is 0.370 e. The van der Waals surface area contributed by atoms with E-state index in [2.05, 4.69) is 15.3 Å². The molecule has 0 aromatic carbocycles. The molecule has 0 amide bonds. The minimum absolute atomic E-state index is 0.191. The van der Waals surface area contributed by atoms with Gasteiger partial charge in [0.05, 0.1) is 5.39 Å². The van der Waals surface area contributed by atoms with Crippen LogP contribution in [0.4, 0.5) is 19.0 Å². The van der Waals surface area contributed by atoms with Gasteiger partial charge in [0.15, 0.2) is 0 Å². The van der Waals surface area contributed by atoms with Crippen LogP contribution in [0.3, 0.4) is 0 Å². The molecule has 17 heavy (non-hydrogen) atoms. The van der Waals surface area contributed by atoms with Crippen molar-refractivity contribution in [3.63, 3.8) is 0 Å². The molecule has 0 unspecified atom stereocenters. The summed E-state index contributed by atoms with van der Waals surface area (Å²) in [7, 11) is 0. The summed E-state index contributed by atoms with van der Waals surface area (Å²) in [5.41, 5.74) is 0. The van der Waals surface area contributed by atoms with E-state index in [4.69, 9.17) is 0 Å². The SMILES string of the molecule is CCNc1nc(CC(F)(F)F)nc2sccc12. The van der Waals surface area contributed by atoms with Gasteiger partial charge in [-0.15, -0.1) is 11.3 Å². The first-order valence-electron chi connectivity index (χ1n) is 5.04. The van der Waals surface area contributed by atoms with Crippen LogP contribution in [0.1, 0.15) is 12.7 Å². The number of rotatable bonds is 3. The van der Waals surface area contributed by atoms with Gasteiger partial charge in [0.1, 0.15) is 22.9 Å². The fraction of sp³-hybridized carbons (Fsp3) is 0.400. The lowest BCUT2D eigenvalue weighted by Crippen LogP contribution is -2.15. The average Bonchev–Trinajstić information content (AvgIpc) is 2.63. The molecule has 0 aliphatic carbocycles. The molecular formula is C10H10F3N3S. The Morgan fingerprint density at radius 1 is 1.35 bits per heavy atom. The van der Waals surface area contributed by atoms with Gasteiger partial charge >= 0.3 is 6.18 Å². The second-order valence-corrected chi connectivity index (χ2v) is 4.34. The van der Waals surface area contributed by atoms with Crippen molar-refractivity contribution in [2.75, 3.05) is 11.9 Å². The van der Waals surface area contributed by atoms with Gasteiger partial charge < -0.3 is 5.32 Å². The largest absolute Gasteiger partial charge is 0.396 e. The summed E-state index contributed by atoms with van der Waals surface area (Å²) in [5.74, 6) is 0.279. The monoisotopic (exact) mass is 261 g/mol. The van der Waals surface area contributed by atoms with Crippen molar-refractivity contribution in [1.29, 1.82) is 0 Å². The highest BCUT2D eigenvalue weighted by molar-refractivity contribution is 7.16. The Bertz CT molecular complexity index is 521. The molecule has 0 atom stereocenters. The van der Waals surface area contributed by atoms with Gasteiger partial charge in [0.25, 0.3) is 0 Å². The Morgan fingerprint density at radius 3 is 2.76 bits per heavy atom. The molecule has 2 aromatic rings. The molecule has 0 saturated heterocycles. The lowest BCUT2D eigenvalue weighted by molar-refractivity contribution is -0.128. The summed E-state index contributed by atoms with van der Waals surface area (Å²) in [5, 5.41) is 5.51. The van der Waals surface area contributed by atoms with E-state index in [0.29, 0.717) is 17.2 Å². The Hall–Kier alpha value is -1.37. The predicted molar refractivity (Wildman–Crippen MR) is 61.3 cm³/mol. The summed E-state index contributed by atoms with van der Waals surface area (Å²) < 4.78 is 36.9. The van der Waals surface area contributed by atoms with Gasteiger partial charge in [-0.05, 0) is 18.4 Å². The highest BCUT2D eigenvalue weighted by Gasteiger charge is 2.29. The fourth-order valence-corrected chi connectivity index (χ4v) is 2.24. The zero-order valence-electron chi connectivity index (χ0n) is 9.01. The van der Waals surface area contributed by atoms with Crippen LogP contribution < -0.4 is 5.32 Å². The Labute approximate surface area is 99.7 Å². The van der Waals surface area contributed by atoms with E-state index >= 15 is 0 Å². The number of nitrogens with zero attached hydrogens (tertiary/aromatic N) is 2. The molecule has 7 heteroatoms. The van der Waals surface area contributed by atoms with E-state index < -0.39 is 12.6 Å². The minimum Gasteiger partial charge on any atom is -0.370 e. The molecular weight excluding hydrogens is 251 g/mol. The third kappa shape index (κ3) is 2.85. The molecule has 0 aliphatic heterocycles. The van der Waals surface area contributed by atoms with Crippen LogP contribution in [-0.4, -0.2) is 22.7 Å². The lowest BCUT2D eigenvalue weighted by atomic mass is 10.3. The number of fused-ring (bicyclic) bond motifs is 1. The maximum Gasteiger partial charge on any atom is 0.396 e. The molecule has 2 aromatic heterocycles. The molecule has 0 aliphatic rings. The molecule has 0 spiro atoms. The third-order valence-corrected chi connectivity index (χ3v) is 2.88. The zero-order chi connectivity index (χ0) is 12.5. The highest BCUT2D eigenvalue weighted by Crippen LogP contribution is 2.27. The van der Waals surface area contributed by atoms with Crippen LogP contribution in [0.2, 0.25) is 0 Å². The molecule has 3 nitrogen and oxygen atoms in total. The van der Waals surface area contributed by atoms with Gasteiger partial charge in [0.2, 0.25) is 0 Å². The number of aromatic nitrogens is 2. The van der Waals surface area contributed by atoms with Crippen LogP contribution in [0.25, 0.3) is 10.2 Å². The van der Waals surface area contributed by atoms with E-state index in [1.165, 1.54) is 11.3 Å². The predicted octanol–water partition coefficient (Wildman–Crippen LogP) is 3.23. The van der Waals surface area contributed by atoms with Crippen molar-refractivity contribution in [3.05, 3.63) is 17.3 Å². The highest BCUT2D eigenvalue weighted by atomic mass is 32.1.